The lowest BCUT2D eigenvalue weighted by Crippen LogP contribution is -2.63. The largest absolute Gasteiger partial charge is 0.486 e. The van der Waals surface area contributed by atoms with E-state index in [2.05, 4.69) is 51.5 Å². The first kappa shape index (κ1) is 21.7. The molecule has 4 unspecified atom stereocenters. The average Bonchev–Trinajstić information content (AvgIpc) is 3.63. The topological polar surface area (TPSA) is 54.0 Å². The van der Waals surface area contributed by atoms with Crippen molar-refractivity contribution >= 4 is 5.91 Å². The SMILES string of the molecule is O=C1NC(Cc2ccc3c(c2)OCCO3)C(N2CCCC2)C2CN(C3Cc4ccccc4C3)CC12. The average molecular weight is 474 g/mol. The van der Waals surface area contributed by atoms with E-state index in [4.69, 9.17) is 9.47 Å². The normalized spacial score (nSPS) is 30.8. The standard InChI is InChI=1S/C29H35N3O3/c33-29-24-18-32(22-15-20-5-1-2-6-21(20)16-22)17-23(24)28(31-9-3-4-10-31)25(30-29)13-19-7-8-26-27(14-19)35-12-11-34-26/h1-2,5-8,14,22-25,28H,3-4,9-13,15-18H2,(H,30,33). The first-order chi connectivity index (χ1) is 17.2. The molecule has 0 saturated carbocycles. The van der Waals surface area contributed by atoms with E-state index in [9.17, 15) is 4.79 Å². The van der Waals surface area contributed by atoms with Gasteiger partial charge in [-0.05, 0) is 74.0 Å². The van der Waals surface area contributed by atoms with Crippen molar-refractivity contribution in [1.82, 2.24) is 15.1 Å². The van der Waals surface area contributed by atoms with E-state index in [1.807, 2.05) is 6.07 Å². The molecule has 2 aromatic rings. The van der Waals surface area contributed by atoms with Crippen molar-refractivity contribution in [3.05, 3.63) is 59.2 Å². The molecule has 184 valence electrons. The van der Waals surface area contributed by atoms with Gasteiger partial charge in [-0.1, -0.05) is 30.3 Å². The van der Waals surface area contributed by atoms with Crippen LogP contribution in [0.4, 0.5) is 0 Å². The predicted molar refractivity (Wildman–Crippen MR) is 134 cm³/mol. The van der Waals surface area contributed by atoms with Gasteiger partial charge in [-0.2, -0.15) is 0 Å². The first-order valence-electron chi connectivity index (χ1n) is 13.5. The molecule has 0 aromatic heterocycles. The Labute approximate surface area is 207 Å². The molecule has 5 aliphatic rings. The molecule has 1 N–H and O–H groups in total. The summed E-state index contributed by atoms with van der Waals surface area (Å²) in [5.41, 5.74) is 4.19. The maximum atomic E-state index is 13.4. The molecular weight excluding hydrogens is 438 g/mol. The number of hydrogen-bond donors (Lipinski definition) is 1. The van der Waals surface area contributed by atoms with Crippen LogP contribution in [0, 0.1) is 11.8 Å². The summed E-state index contributed by atoms with van der Waals surface area (Å²) in [6.07, 6.45) is 5.60. The summed E-state index contributed by atoms with van der Waals surface area (Å²) in [5.74, 6) is 2.41. The number of likely N-dealkylation sites (tertiary alicyclic amines) is 2. The van der Waals surface area contributed by atoms with Crippen molar-refractivity contribution in [3.63, 3.8) is 0 Å². The minimum absolute atomic E-state index is 0.0980. The van der Waals surface area contributed by atoms with E-state index in [0.717, 1.165) is 56.9 Å². The van der Waals surface area contributed by atoms with Crippen LogP contribution in [0.2, 0.25) is 0 Å². The van der Waals surface area contributed by atoms with Crippen molar-refractivity contribution in [2.75, 3.05) is 39.4 Å². The van der Waals surface area contributed by atoms with E-state index in [1.165, 1.54) is 29.5 Å². The molecule has 1 aliphatic carbocycles. The van der Waals surface area contributed by atoms with Crippen LogP contribution < -0.4 is 14.8 Å². The minimum Gasteiger partial charge on any atom is -0.486 e. The number of fused-ring (bicyclic) bond motifs is 3. The Balaban J connectivity index is 1.13. The summed E-state index contributed by atoms with van der Waals surface area (Å²) < 4.78 is 11.6. The van der Waals surface area contributed by atoms with Crippen molar-refractivity contribution in [1.29, 1.82) is 0 Å². The van der Waals surface area contributed by atoms with E-state index in [1.54, 1.807) is 0 Å². The monoisotopic (exact) mass is 473 g/mol. The third-order valence-electron chi connectivity index (χ3n) is 9.08. The number of piperidine rings is 1. The Morgan fingerprint density at radius 2 is 1.63 bits per heavy atom. The van der Waals surface area contributed by atoms with E-state index in [-0.39, 0.29) is 17.9 Å². The lowest BCUT2D eigenvalue weighted by molar-refractivity contribution is -0.131. The summed E-state index contributed by atoms with van der Waals surface area (Å²) in [5, 5.41) is 3.49. The second kappa shape index (κ2) is 8.82. The molecule has 2 aromatic carbocycles. The van der Waals surface area contributed by atoms with E-state index in [0.29, 0.717) is 31.2 Å². The Morgan fingerprint density at radius 3 is 2.40 bits per heavy atom. The predicted octanol–water partition coefficient (Wildman–Crippen LogP) is 2.68. The third kappa shape index (κ3) is 3.91. The Bertz CT molecular complexity index is 1090. The summed E-state index contributed by atoms with van der Waals surface area (Å²) in [4.78, 5) is 18.8. The van der Waals surface area contributed by atoms with Gasteiger partial charge in [0.1, 0.15) is 13.2 Å². The molecule has 6 nitrogen and oxygen atoms in total. The summed E-state index contributed by atoms with van der Waals surface area (Å²) in [6, 6.07) is 16.2. The fraction of sp³-hybridized carbons (Fsp3) is 0.552. The number of rotatable bonds is 4. The van der Waals surface area contributed by atoms with Gasteiger partial charge in [0, 0.05) is 37.1 Å². The lowest BCUT2D eigenvalue weighted by Gasteiger charge is -2.44. The lowest BCUT2D eigenvalue weighted by atomic mass is 9.78. The molecule has 4 heterocycles. The van der Waals surface area contributed by atoms with Gasteiger partial charge in [0.05, 0.1) is 5.92 Å². The summed E-state index contributed by atoms with van der Waals surface area (Å²) in [7, 11) is 0. The highest BCUT2D eigenvalue weighted by atomic mass is 16.6. The number of carbonyl (C=O) groups is 1. The van der Waals surface area contributed by atoms with Crippen molar-refractivity contribution in [2.45, 2.75) is 50.2 Å². The van der Waals surface area contributed by atoms with E-state index < -0.39 is 0 Å². The molecule has 3 saturated heterocycles. The van der Waals surface area contributed by atoms with Gasteiger partial charge in [-0.25, -0.2) is 0 Å². The maximum Gasteiger partial charge on any atom is 0.225 e. The molecule has 35 heavy (non-hydrogen) atoms. The highest BCUT2D eigenvalue weighted by Crippen LogP contribution is 2.40. The maximum absolute atomic E-state index is 13.4. The molecule has 4 aliphatic heterocycles. The van der Waals surface area contributed by atoms with Gasteiger partial charge < -0.3 is 14.8 Å². The number of nitrogens with zero attached hydrogens (tertiary/aromatic N) is 2. The van der Waals surface area contributed by atoms with Crippen LogP contribution in [-0.2, 0) is 24.1 Å². The Morgan fingerprint density at radius 1 is 0.886 bits per heavy atom. The van der Waals surface area contributed by atoms with Crippen molar-refractivity contribution in [2.24, 2.45) is 11.8 Å². The number of nitrogens with one attached hydrogen (secondary N) is 1. The Hall–Kier alpha value is -2.57. The molecule has 4 atom stereocenters. The smallest absolute Gasteiger partial charge is 0.225 e. The molecule has 1 amide bonds. The van der Waals surface area contributed by atoms with Crippen LogP contribution in [-0.4, -0.2) is 73.2 Å². The second-order valence-electron chi connectivity index (χ2n) is 11.1. The fourth-order valence-electron chi connectivity index (χ4n) is 7.45. The molecule has 3 fully saturated rings. The zero-order valence-corrected chi connectivity index (χ0v) is 20.3. The minimum atomic E-state index is 0.0980. The summed E-state index contributed by atoms with van der Waals surface area (Å²) in [6.45, 7) is 5.43. The third-order valence-corrected chi connectivity index (χ3v) is 9.08. The van der Waals surface area contributed by atoms with Gasteiger partial charge in [0.2, 0.25) is 5.91 Å². The van der Waals surface area contributed by atoms with Crippen LogP contribution in [0.3, 0.4) is 0 Å². The second-order valence-corrected chi connectivity index (χ2v) is 11.1. The summed E-state index contributed by atoms with van der Waals surface area (Å²) >= 11 is 0. The van der Waals surface area contributed by atoms with E-state index >= 15 is 0 Å². The van der Waals surface area contributed by atoms with Crippen LogP contribution in [0.25, 0.3) is 0 Å². The molecule has 6 heteroatoms. The Kier molecular flexibility index (Phi) is 5.47. The highest BCUT2D eigenvalue weighted by Gasteiger charge is 2.52. The van der Waals surface area contributed by atoms with Crippen LogP contribution >= 0.6 is 0 Å². The number of carbonyl (C=O) groups excluding carboxylic acids is 1. The zero-order chi connectivity index (χ0) is 23.4. The molecule has 0 bridgehead atoms. The molecule has 0 spiro atoms. The highest BCUT2D eigenvalue weighted by molar-refractivity contribution is 5.81. The quantitative estimate of drug-likeness (QED) is 0.740. The van der Waals surface area contributed by atoms with Gasteiger partial charge in [-0.3, -0.25) is 14.6 Å². The van der Waals surface area contributed by atoms with Crippen molar-refractivity contribution in [3.8, 4) is 11.5 Å². The number of ether oxygens (including phenoxy) is 2. The van der Waals surface area contributed by atoms with Gasteiger partial charge >= 0.3 is 0 Å². The molecular formula is C29H35N3O3. The van der Waals surface area contributed by atoms with Gasteiger partial charge in [0.25, 0.3) is 0 Å². The first-order valence-corrected chi connectivity index (χ1v) is 13.5. The van der Waals surface area contributed by atoms with Crippen LogP contribution in [0.1, 0.15) is 29.5 Å². The van der Waals surface area contributed by atoms with Gasteiger partial charge in [0.15, 0.2) is 11.5 Å². The zero-order valence-electron chi connectivity index (χ0n) is 20.3. The fourth-order valence-corrected chi connectivity index (χ4v) is 7.45. The van der Waals surface area contributed by atoms with Crippen molar-refractivity contribution < 1.29 is 14.3 Å². The molecule has 0 radical (unpaired) electrons. The van der Waals surface area contributed by atoms with Gasteiger partial charge in [-0.15, -0.1) is 0 Å². The molecule has 7 rings (SSSR count). The number of amides is 1. The van der Waals surface area contributed by atoms with Crippen LogP contribution in [0.5, 0.6) is 11.5 Å². The number of benzene rings is 2. The number of hydrogen-bond acceptors (Lipinski definition) is 5. The van der Waals surface area contributed by atoms with Crippen LogP contribution in [0.15, 0.2) is 42.5 Å².